The van der Waals surface area contributed by atoms with E-state index in [2.05, 4.69) is 5.32 Å². The smallest absolute Gasteiger partial charge is 0.269 e. The Bertz CT molecular complexity index is 462. The molecule has 1 unspecified atom stereocenters. The summed E-state index contributed by atoms with van der Waals surface area (Å²) in [6.45, 7) is 2.64. The molecular formula is C14H20N2O4. The van der Waals surface area contributed by atoms with Crippen molar-refractivity contribution >= 4 is 11.6 Å². The average molecular weight is 280 g/mol. The minimum atomic E-state index is -0.476. The highest BCUT2D eigenvalue weighted by atomic mass is 16.6. The summed E-state index contributed by atoms with van der Waals surface area (Å²) in [5.41, 5.74) is 0.605. The predicted octanol–water partition coefficient (Wildman–Crippen LogP) is 1.66. The highest BCUT2D eigenvalue weighted by Gasteiger charge is 2.11. The van der Waals surface area contributed by atoms with Crippen LogP contribution in [0, 0.1) is 16.0 Å². The molecule has 2 N–H and O–H groups in total. The van der Waals surface area contributed by atoms with Crippen LogP contribution in [0.25, 0.3) is 0 Å². The molecule has 0 aliphatic rings. The van der Waals surface area contributed by atoms with E-state index in [1.54, 1.807) is 12.1 Å². The van der Waals surface area contributed by atoms with Crippen LogP contribution in [0.3, 0.4) is 0 Å². The quantitative estimate of drug-likeness (QED) is 0.559. The fourth-order valence-corrected chi connectivity index (χ4v) is 1.92. The number of carbonyl (C=O) groups is 1. The summed E-state index contributed by atoms with van der Waals surface area (Å²) in [6, 6.07) is 6.07. The van der Waals surface area contributed by atoms with Gasteiger partial charge in [0.2, 0.25) is 5.91 Å². The molecule has 1 amide bonds. The zero-order chi connectivity index (χ0) is 15.0. The molecule has 110 valence electrons. The van der Waals surface area contributed by atoms with Gasteiger partial charge in [-0.05, 0) is 17.9 Å². The Morgan fingerprint density at radius 3 is 2.85 bits per heavy atom. The summed E-state index contributed by atoms with van der Waals surface area (Å²) in [5.74, 6) is 0.0935. The van der Waals surface area contributed by atoms with E-state index < -0.39 is 4.92 Å². The lowest BCUT2D eigenvalue weighted by atomic mass is 10.0. The Balaban J connectivity index is 2.49. The molecule has 0 saturated heterocycles. The number of nitrogens with zero attached hydrogens (tertiary/aromatic N) is 1. The molecule has 0 aliphatic carbocycles. The van der Waals surface area contributed by atoms with Crippen LogP contribution in [0.5, 0.6) is 0 Å². The van der Waals surface area contributed by atoms with Gasteiger partial charge >= 0.3 is 0 Å². The Kier molecular flexibility index (Phi) is 6.66. The van der Waals surface area contributed by atoms with Crippen molar-refractivity contribution in [3.63, 3.8) is 0 Å². The average Bonchev–Trinajstić information content (AvgIpc) is 2.43. The SMILES string of the molecule is CCC(CCO)CNC(=O)Cc1cccc([N+](=O)[O-])c1. The van der Waals surface area contributed by atoms with Gasteiger partial charge in [0.15, 0.2) is 0 Å². The summed E-state index contributed by atoms with van der Waals surface area (Å²) >= 11 is 0. The Labute approximate surface area is 118 Å². The number of aliphatic hydroxyl groups is 1. The molecule has 1 aromatic rings. The van der Waals surface area contributed by atoms with Crippen molar-refractivity contribution in [3.05, 3.63) is 39.9 Å². The highest BCUT2D eigenvalue weighted by Crippen LogP contribution is 2.13. The van der Waals surface area contributed by atoms with Gasteiger partial charge < -0.3 is 10.4 Å². The van der Waals surface area contributed by atoms with Crippen molar-refractivity contribution in [1.29, 1.82) is 0 Å². The largest absolute Gasteiger partial charge is 0.396 e. The number of amides is 1. The van der Waals surface area contributed by atoms with E-state index in [9.17, 15) is 14.9 Å². The lowest BCUT2D eigenvalue weighted by Crippen LogP contribution is -2.30. The Morgan fingerprint density at radius 1 is 1.50 bits per heavy atom. The van der Waals surface area contributed by atoms with Crippen molar-refractivity contribution in [3.8, 4) is 0 Å². The molecule has 0 radical (unpaired) electrons. The molecule has 0 aromatic heterocycles. The summed E-state index contributed by atoms with van der Waals surface area (Å²) in [7, 11) is 0. The standard InChI is InChI=1S/C14H20N2O4/c1-2-11(6-7-17)10-15-14(18)9-12-4-3-5-13(8-12)16(19)20/h3-5,8,11,17H,2,6-7,9-10H2,1H3,(H,15,18). The van der Waals surface area contributed by atoms with Crippen molar-refractivity contribution in [2.75, 3.05) is 13.2 Å². The van der Waals surface area contributed by atoms with Gasteiger partial charge in [0.1, 0.15) is 0 Å². The van der Waals surface area contributed by atoms with Gasteiger partial charge in [0.25, 0.3) is 5.69 Å². The molecule has 0 bridgehead atoms. The van der Waals surface area contributed by atoms with Crippen LogP contribution in [0.15, 0.2) is 24.3 Å². The molecule has 0 heterocycles. The molecule has 20 heavy (non-hydrogen) atoms. The van der Waals surface area contributed by atoms with Crippen molar-refractivity contribution in [2.45, 2.75) is 26.2 Å². The van der Waals surface area contributed by atoms with E-state index in [0.717, 1.165) is 6.42 Å². The third-order valence-corrected chi connectivity index (χ3v) is 3.19. The van der Waals surface area contributed by atoms with Gasteiger partial charge in [-0.3, -0.25) is 14.9 Å². The van der Waals surface area contributed by atoms with Gasteiger partial charge in [-0.1, -0.05) is 25.5 Å². The minimum absolute atomic E-state index is 0.0120. The number of hydrogen-bond donors (Lipinski definition) is 2. The summed E-state index contributed by atoms with van der Waals surface area (Å²) in [6.07, 6.45) is 1.67. The third kappa shape index (κ3) is 5.36. The first-order chi connectivity index (χ1) is 9.56. The maximum atomic E-state index is 11.8. The molecule has 0 aliphatic heterocycles. The number of hydrogen-bond acceptors (Lipinski definition) is 4. The van der Waals surface area contributed by atoms with Gasteiger partial charge in [0.05, 0.1) is 11.3 Å². The van der Waals surface area contributed by atoms with Gasteiger partial charge in [-0.2, -0.15) is 0 Å². The molecule has 6 heteroatoms. The molecule has 0 saturated carbocycles. The van der Waals surface area contributed by atoms with E-state index in [1.807, 2.05) is 6.92 Å². The van der Waals surface area contributed by atoms with E-state index in [4.69, 9.17) is 5.11 Å². The maximum absolute atomic E-state index is 11.8. The summed E-state index contributed by atoms with van der Waals surface area (Å²) in [4.78, 5) is 21.9. The molecule has 0 spiro atoms. The van der Waals surface area contributed by atoms with Crippen LogP contribution in [-0.2, 0) is 11.2 Å². The lowest BCUT2D eigenvalue weighted by Gasteiger charge is -2.14. The van der Waals surface area contributed by atoms with Crippen molar-refractivity contribution < 1.29 is 14.8 Å². The normalized spacial score (nSPS) is 11.9. The monoisotopic (exact) mass is 280 g/mol. The van der Waals surface area contributed by atoms with Crippen molar-refractivity contribution in [2.24, 2.45) is 5.92 Å². The van der Waals surface area contributed by atoms with Crippen LogP contribution < -0.4 is 5.32 Å². The molecule has 6 nitrogen and oxygen atoms in total. The van der Waals surface area contributed by atoms with E-state index >= 15 is 0 Å². The zero-order valence-corrected chi connectivity index (χ0v) is 11.5. The number of aliphatic hydroxyl groups excluding tert-OH is 1. The zero-order valence-electron chi connectivity index (χ0n) is 11.5. The topological polar surface area (TPSA) is 92.5 Å². The number of carbonyl (C=O) groups excluding carboxylic acids is 1. The fraction of sp³-hybridized carbons (Fsp3) is 0.500. The van der Waals surface area contributed by atoms with Gasteiger partial charge in [-0.25, -0.2) is 0 Å². The highest BCUT2D eigenvalue weighted by molar-refractivity contribution is 5.78. The van der Waals surface area contributed by atoms with Crippen LogP contribution >= 0.6 is 0 Å². The predicted molar refractivity (Wildman–Crippen MR) is 75.3 cm³/mol. The lowest BCUT2D eigenvalue weighted by molar-refractivity contribution is -0.384. The van der Waals surface area contributed by atoms with E-state index in [1.165, 1.54) is 12.1 Å². The second-order valence-corrected chi connectivity index (χ2v) is 4.69. The number of non-ortho nitro benzene ring substituents is 1. The van der Waals surface area contributed by atoms with E-state index in [-0.39, 0.29) is 30.5 Å². The number of nitrogens with one attached hydrogen (secondary N) is 1. The second-order valence-electron chi connectivity index (χ2n) is 4.69. The van der Waals surface area contributed by atoms with E-state index in [0.29, 0.717) is 18.5 Å². The first-order valence-corrected chi connectivity index (χ1v) is 6.67. The Morgan fingerprint density at radius 2 is 2.25 bits per heavy atom. The first kappa shape index (κ1) is 16.1. The fourth-order valence-electron chi connectivity index (χ4n) is 1.92. The van der Waals surface area contributed by atoms with Crippen LogP contribution in [0.4, 0.5) is 5.69 Å². The molecule has 1 rings (SSSR count). The summed E-state index contributed by atoms with van der Waals surface area (Å²) < 4.78 is 0. The maximum Gasteiger partial charge on any atom is 0.269 e. The number of benzene rings is 1. The van der Waals surface area contributed by atoms with Crippen molar-refractivity contribution in [1.82, 2.24) is 5.32 Å². The summed E-state index contributed by atoms with van der Waals surface area (Å²) in [5, 5.41) is 22.3. The number of rotatable bonds is 8. The first-order valence-electron chi connectivity index (χ1n) is 6.67. The van der Waals surface area contributed by atoms with Gasteiger partial charge in [-0.15, -0.1) is 0 Å². The molecule has 1 atom stereocenters. The molecule has 0 fully saturated rings. The second kappa shape index (κ2) is 8.27. The minimum Gasteiger partial charge on any atom is -0.396 e. The number of nitro benzene ring substituents is 1. The number of nitro groups is 1. The molecular weight excluding hydrogens is 260 g/mol. The van der Waals surface area contributed by atoms with Crippen LogP contribution in [-0.4, -0.2) is 29.1 Å². The third-order valence-electron chi connectivity index (χ3n) is 3.19. The van der Waals surface area contributed by atoms with Crippen LogP contribution in [0.1, 0.15) is 25.3 Å². The Hall–Kier alpha value is -1.95. The molecule has 1 aromatic carbocycles. The van der Waals surface area contributed by atoms with Crippen LogP contribution in [0.2, 0.25) is 0 Å². The van der Waals surface area contributed by atoms with Gasteiger partial charge in [0, 0.05) is 25.3 Å².